The number of methoxy groups -OCH3 is 1. The Hall–Kier alpha value is -2.86. The second-order valence-corrected chi connectivity index (χ2v) is 7.30. The number of likely N-dealkylation sites (N-methyl/N-ethyl adjacent to an activating group) is 1. The number of amides is 2. The van der Waals surface area contributed by atoms with Crippen LogP contribution in [0, 0.1) is 0 Å². The van der Waals surface area contributed by atoms with Gasteiger partial charge in [0.05, 0.1) is 14.2 Å². The maximum atomic E-state index is 12.9. The van der Waals surface area contributed by atoms with Crippen LogP contribution in [0.25, 0.3) is 0 Å². The molecule has 0 aromatic heterocycles. The van der Waals surface area contributed by atoms with E-state index in [1.807, 2.05) is 31.0 Å². The third-order valence-corrected chi connectivity index (χ3v) is 5.37. The van der Waals surface area contributed by atoms with Crippen molar-refractivity contribution in [2.45, 2.75) is 25.9 Å². The van der Waals surface area contributed by atoms with Gasteiger partial charge in [0.15, 0.2) is 12.6 Å². The molecular weight excluding hydrogens is 354 g/mol. The van der Waals surface area contributed by atoms with Crippen LogP contribution in [0.3, 0.4) is 0 Å². The Labute approximate surface area is 166 Å². The van der Waals surface area contributed by atoms with Crippen molar-refractivity contribution < 1.29 is 19.2 Å². The summed E-state index contributed by atoms with van der Waals surface area (Å²) < 4.78 is 5.12. The number of fused-ring (bicyclic) bond motifs is 1. The van der Waals surface area contributed by atoms with Gasteiger partial charge in [0.1, 0.15) is 5.75 Å². The van der Waals surface area contributed by atoms with Crippen LogP contribution in [-0.4, -0.2) is 50.0 Å². The fraction of sp³-hybridized carbons (Fsp3) is 0.364. The largest absolute Gasteiger partial charge is 0.497 e. The van der Waals surface area contributed by atoms with Crippen molar-refractivity contribution in [2.75, 3.05) is 32.6 Å². The average Bonchev–Trinajstić information content (AvgIpc) is 2.72. The summed E-state index contributed by atoms with van der Waals surface area (Å²) in [6.45, 7) is 3.48. The topological polar surface area (TPSA) is 63.1 Å². The smallest absolute Gasteiger partial charge is 0.280 e. The zero-order valence-corrected chi connectivity index (χ0v) is 16.7. The van der Waals surface area contributed by atoms with E-state index in [0.717, 1.165) is 23.6 Å². The van der Waals surface area contributed by atoms with E-state index in [0.29, 0.717) is 12.2 Å². The van der Waals surface area contributed by atoms with Gasteiger partial charge >= 0.3 is 0 Å². The second kappa shape index (κ2) is 8.89. The van der Waals surface area contributed by atoms with Crippen LogP contribution in [0.2, 0.25) is 0 Å². The number of nitrogens with zero attached hydrogens (tertiary/aromatic N) is 1. The normalized spacial score (nSPS) is 15.3. The van der Waals surface area contributed by atoms with Gasteiger partial charge in [0, 0.05) is 18.8 Å². The Balaban J connectivity index is 1.54. The molecule has 148 valence electrons. The number of quaternary nitrogens is 1. The number of ether oxygens (including phenoxy) is 1. The standard InChI is InChI=1S/C22H27N3O3/c1-16(22(27)25-13-12-17-6-4-5-7-18(17)14-25)24(2)15-21(26)23-19-8-10-20(28-3)11-9-19/h4-11,16H,12-15H2,1-3H3,(H,23,26)/p+1/t16-/m0/s1. The fourth-order valence-electron chi connectivity index (χ4n) is 3.45. The van der Waals surface area contributed by atoms with Gasteiger partial charge in [-0.05, 0) is 48.7 Å². The molecule has 0 aliphatic carbocycles. The first-order valence-electron chi connectivity index (χ1n) is 9.59. The molecule has 2 aromatic carbocycles. The molecule has 1 aliphatic heterocycles. The molecule has 0 fully saturated rings. The number of anilines is 1. The third kappa shape index (κ3) is 4.70. The molecule has 0 saturated carbocycles. The number of nitrogens with one attached hydrogen (secondary N) is 2. The maximum absolute atomic E-state index is 12.9. The average molecular weight is 382 g/mol. The van der Waals surface area contributed by atoms with Gasteiger partial charge in [-0.15, -0.1) is 0 Å². The van der Waals surface area contributed by atoms with E-state index in [4.69, 9.17) is 4.74 Å². The molecule has 1 unspecified atom stereocenters. The minimum absolute atomic E-state index is 0.0873. The van der Waals surface area contributed by atoms with Gasteiger partial charge in [-0.25, -0.2) is 0 Å². The van der Waals surface area contributed by atoms with Gasteiger partial charge in [-0.3, -0.25) is 9.59 Å². The van der Waals surface area contributed by atoms with Gasteiger partial charge in [0.2, 0.25) is 0 Å². The highest BCUT2D eigenvalue weighted by molar-refractivity contribution is 5.91. The van der Waals surface area contributed by atoms with Crippen LogP contribution in [-0.2, 0) is 22.6 Å². The zero-order valence-electron chi connectivity index (χ0n) is 16.7. The summed E-state index contributed by atoms with van der Waals surface area (Å²) in [6.07, 6.45) is 0.881. The number of hydrogen-bond acceptors (Lipinski definition) is 3. The van der Waals surface area contributed by atoms with Gasteiger partial charge in [-0.1, -0.05) is 24.3 Å². The molecule has 3 rings (SSSR count). The number of carbonyl (C=O) groups is 2. The highest BCUT2D eigenvalue weighted by Crippen LogP contribution is 2.18. The van der Waals surface area contributed by atoms with Crippen LogP contribution >= 0.6 is 0 Å². The van der Waals surface area contributed by atoms with E-state index in [2.05, 4.69) is 17.4 Å². The summed E-state index contributed by atoms with van der Waals surface area (Å²) in [5, 5.41) is 2.87. The van der Waals surface area contributed by atoms with Crippen molar-refractivity contribution >= 4 is 17.5 Å². The van der Waals surface area contributed by atoms with E-state index < -0.39 is 0 Å². The molecule has 0 bridgehead atoms. The highest BCUT2D eigenvalue weighted by atomic mass is 16.5. The van der Waals surface area contributed by atoms with Crippen LogP contribution in [0.5, 0.6) is 5.75 Å². The monoisotopic (exact) mass is 382 g/mol. The molecule has 2 atom stereocenters. The first-order chi connectivity index (χ1) is 13.5. The Morgan fingerprint density at radius 1 is 1.14 bits per heavy atom. The Morgan fingerprint density at radius 2 is 1.82 bits per heavy atom. The molecule has 2 N–H and O–H groups in total. The van der Waals surface area contributed by atoms with E-state index in [1.165, 1.54) is 11.1 Å². The van der Waals surface area contributed by atoms with Crippen LogP contribution < -0.4 is 15.0 Å². The molecule has 6 nitrogen and oxygen atoms in total. The van der Waals surface area contributed by atoms with Crippen molar-refractivity contribution in [2.24, 2.45) is 0 Å². The Bertz CT molecular complexity index is 835. The lowest BCUT2D eigenvalue weighted by molar-refractivity contribution is -0.886. The minimum Gasteiger partial charge on any atom is -0.497 e. The quantitative estimate of drug-likeness (QED) is 0.787. The van der Waals surface area contributed by atoms with Crippen molar-refractivity contribution in [3.63, 3.8) is 0 Å². The molecule has 2 amide bonds. The molecule has 28 heavy (non-hydrogen) atoms. The maximum Gasteiger partial charge on any atom is 0.280 e. The lowest BCUT2D eigenvalue weighted by Crippen LogP contribution is -3.15. The molecule has 2 aromatic rings. The van der Waals surface area contributed by atoms with E-state index in [-0.39, 0.29) is 24.4 Å². The van der Waals surface area contributed by atoms with Crippen molar-refractivity contribution in [1.82, 2.24) is 4.90 Å². The van der Waals surface area contributed by atoms with Gasteiger partial charge in [0.25, 0.3) is 11.8 Å². The molecule has 1 aliphatic rings. The molecule has 0 saturated heterocycles. The first kappa shape index (κ1) is 19.9. The minimum atomic E-state index is -0.285. The SMILES string of the molecule is COc1ccc(NC(=O)C[NH+](C)[C@@H](C)C(=O)N2CCc3ccccc3C2)cc1. The summed E-state index contributed by atoms with van der Waals surface area (Å²) in [5.74, 6) is 0.707. The summed E-state index contributed by atoms with van der Waals surface area (Å²) >= 11 is 0. The number of benzene rings is 2. The first-order valence-corrected chi connectivity index (χ1v) is 9.59. The fourth-order valence-corrected chi connectivity index (χ4v) is 3.45. The van der Waals surface area contributed by atoms with Crippen LogP contribution in [0.1, 0.15) is 18.1 Å². The van der Waals surface area contributed by atoms with Crippen molar-refractivity contribution in [3.05, 3.63) is 59.7 Å². The van der Waals surface area contributed by atoms with E-state index in [1.54, 1.807) is 31.4 Å². The van der Waals surface area contributed by atoms with Crippen molar-refractivity contribution in [3.8, 4) is 5.75 Å². The predicted molar refractivity (Wildman–Crippen MR) is 108 cm³/mol. The zero-order chi connectivity index (χ0) is 20.1. The third-order valence-electron chi connectivity index (χ3n) is 5.37. The Kier molecular flexibility index (Phi) is 6.31. The Morgan fingerprint density at radius 3 is 2.50 bits per heavy atom. The van der Waals surface area contributed by atoms with Crippen molar-refractivity contribution in [1.29, 1.82) is 0 Å². The lowest BCUT2D eigenvalue weighted by Gasteiger charge is -2.32. The molecular formula is C22H28N3O3+. The predicted octanol–water partition coefficient (Wildman–Crippen LogP) is 1.12. The number of carbonyl (C=O) groups excluding carboxylic acids is 2. The summed E-state index contributed by atoms with van der Waals surface area (Å²) in [5.41, 5.74) is 3.24. The summed E-state index contributed by atoms with van der Waals surface area (Å²) in [4.78, 5) is 28.0. The van der Waals surface area contributed by atoms with E-state index in [9.17, 15) is 9.59 Å². The van der Waals surface area contributed by atoms with Crippen LogP contribution in [0.15, 0.2) is 48.5 Å². The summed E-state index contributed by atoms with van der Waals surface area (Å²) in [7, 11) is 3.49. The van der Waals surface area contributed by atoms with E-state index >= 15 is 0 Å². The number of rotatable bonds is 6. The molecule has 6 heteroatoms. The van der Waals surface area contributed by atoms with Crippen LogP contribution in [0.4, 0.5) is 5.69 Å². The lowest BCUT2D eigenvalue weighted by atomic mass is 9.99. The molecule has 0 spiro atoms. The molecule has 1 heterocycles. The number of hydrogen-bond donors (Lipinski definition) is 2. The highest BCUT2D eigenvalue weighted by Gasteiger charge is 2.30. The summed E-state index contributed by atoms with van der Waals surface area (Å²) in [6, 6.07) is 15.2. The van der Waals surface area contributed by atoms with Gasteiger partial charge < -0.3 is 19.9 Å². The van der Waals surface area contributed by atoms with Gasteiger partial charge in [-0.2, -0.15) is 0 Å². The second-order valence-electron chi connectivity index (χ2n) is 7.30. The molecule has 0 radical (unpaired) electrons.